The van der Waals surface area contributed by atoms with Crippen molar-refractivity contribution in [3.05, 3.63) is 36.0 Å². The molecule has 0 amide bonds. The number of aliphatic imine (C=N–C) groups is 1. The second-order valence-electron chi connectivity index (χ2n) is 3.29. The topological polar surface area (TPSA) is 55.5 Å². The van der Waals surface area contributed by atoms with Crippen LogP contribution in [0, 0.1) is 0 Å². The lowest BCUT2D eigenvalue weighted by Crippen LogP contribution is -2.06. The molecule has 7 heteroatoms. The Morgan fingerprint density at radius 3 is 2.67 bits per heavy atom. The van der Waals surface area contributed by atoms with E-state index in [1.165, 1.54) is 24.3 Å². The molecule has 4 nitrogen and oxygen atoms in total. The summed E-state index contributed by atoms with van der Waals surface area (Å²) in [5.74, 6) is -0.216. The van der Waals surface area contributed by atoms with Crippen molar-refractivity contribution in [2.45, 2.75) is 6.18 Å². The minimum absolute atomic E-state index is 0.0956. The Balaban J connectivity index is 2.64. The summed E-state index contributed by atoms with van der Waals surface area (Å²) in [6.45, 7) is 0. The molecule has 0 bridgehead atoms. The molecule has 0 spiro atoms. The molecule has 1 aromatic heterocycles. The van der Waals surface area contributed by atoms with Gasteiger partial charge in [-0.15, -0.1) is 0 Å². The number of aromatic nitrogens is 1. The van der Waals surface area contributed by atoms with Crippen LogP contribution in [0.3, 0.4) is 0 Å². The molecule has 18 heavy (non-hydrogen) atoms. The van der Waals surface area contributed by atoms with Crippen LogP contribution < -0.4 is 0 Å². The van der Waals surface area contributed by atoms with E-state index >= 15 is 0 Å². The summed E-state index contributed by atoms with van der Waals surface area (Å²) in [6, 6.07) is 4.80. The third-order valence-electron chi connectivity index (χ3n) is 2.19. The van der Waals surface area contributed by atoms with E-state index < -0.39 is 11.7 Å². The van der Waals surface area contributed by atoms with E-state index in [0.29, 0.717) is 0 Å². The molecule has 2 aromatic rings. The van der Waals surface area contributed by atoms with Gasteiger partial charge in [0, 0.05) is 5.56 Å². The molecule has 0 aliphatic rings. The molecule has 0 fully saturated rings. The fourth-order valence-corrected chi connectivity index (χ4v) is 1.48. The Bertz CT molecular complexity index is 613. The maximum absolute atomic E-state index is 12.8. The normalized spacial score (nSPS) is 11.1. The summed E-state index contributed by atoms with van der Waals surface area (Å²) in [4.78, 5) is 13.4. The number of rotatable bonds is 2. The Morgan fingerprint density at radius 2 is 2.00 bits per heavy atom. The predicted molar refractivity (Wildman–Crippen MR) is 54.7 cm³/mol. The minimum atomic E-state index is -4.54. The van der Waals surface area contributed by atoms with E-state index in [-0.39, 0.29) is 17.0 Å². The van der Waals surface area contributed by atoms with E-state index in [1.807, 2.05) is 0 Å². The van der Waals surface area contributed by atoms with Crippen molar-refractivity contribution in [1.82, 2.24) is 5.16 Å². The minimum Gasteiger partial charge on any atom is -0.354 e. The van der Waals surface area contributed by atoms with Gasteiger partial charge >= 0.3 is 6.18 Å². The van der Waals surface area contributed by atoms with Crippen molar-refractivity contribution >= 4 is 11.8 Å². The van der Waals surface area contributed by atoms with Gasteiger partial charge in [0.2, 0.25) is 6.08 Å². The standard InChI is InChI=1S/C11H5F3N2O2/c12-11(13,14)8-4-2-1-3-7(8)10-9(15-6-17)5-16-18-10/h1-5H. The van der Waals surface area contributed by atoms with Gasteiger partial charge in [-0.1, -0.05) is 23.4 Å². The first kappa shape index (κ1) is 12.1. The second kappa shape index (κ2) is 4.46. The Morgan fingerprint density at radius 1 is 1.28 bits per heavy atom. The monoisotopic (exact) mass is 254 g/mol. The van der Waals surface area contributed by atoms with Crippen LogP contribution in [0.25, 0.3) is 11.3 Å². The van der Waals surface area contributed by atoms with Crippen molar-refractivity contribution in [1.29, 1.82) is 0 Å². The van der Waals surface area contributed by atoms with Gasteiger partial charge in [-0.3, -0.25) is 0 Å². The first-order valence-electron chi connectivity index (χ1n) is 4.73. The third-order valence-corrected chi connectivity index (χ3v) is 2.19. The largest absolute Gasteiger partial charge is 0.417 e. The van der Waals surface area contributed by atoms with E-state index in [2.05, 4.69) is 10.1 Å². The summed E-state index contributed by atoms with van der Waals surface area (Å²) in [6.07, 6.45) is -2.25. The first-order valence-corrected chi connectivity index (χ1v) is 4.73. The number of benzene rings is 1. The van der Waals surface area contributed by atoms with Crippen LogP contribution in [0.1, 0.15) is 5.56 Å². The van der Waals surface area contributed by atoms with Gasteiger partial charge in [-0.05, 0) is 6.07 Å². The van der Waals surface area contributed by atoms with E-state index in [0.717, 1.165) is 12.3 Å². The van der Waals surface area contributed by atoms with E-state index in [9.17, 15) is 18.0 Å². The lowest BCUT2D eigenvalue weighted by Gasteiger charge is -2.10. The highest BCUT2D eigenvalue weighted by Crippen LogP contribution is 2.39. The highest BCUT2D eigenvalue weighted by atomic mass is 19.4. The molecule has 1 aromatic carbocycles. The summed E-state index contributed by atoms with van der Waals surface area (Å²) in [5, 5.41) is 3.33. The molecular formula is C11H5F3N2O2. The van der Waals surface area contributed by atoms with Crippen LogP contribution in [0.5, 0.6) is 0 Å². The maximum Gasteiger partial charge on any atom is 0.417 e. The lowest BCUT2D eigenvalue weighted by molar-refractivity contribution is -0.137. The van der Waals surface area contributed by atoms with Gasteiger partial charge in [-0.2, -0.15) is 18.2 Å². The van der Waals surface area contributed by atoms with Crippen molar-refractivity contribution in [3.63, 3.8) is 0 Å². The SMILES string of the molecule is O=C=Nc1cnoc1-c1ccccc1C(F)(F)F. The molecule has 0 saturated heterocycles. The zero-order valence-electron chi connectivity index (χ0n) is 8.73. The van der Waals surface area contributed by atoms with Crippen molar-refractivity contribution < 1.29 is 22.5 Å². The van der Waals surface area contributed by atoms with Gasteiger partial charge in [0.05, 0.1) is 11.8 Å². The second-order valence-corrected chi connectivity index (χ2v) is 3.29. The van der Waals surface area contributed by atoms with Crippen molar-refractivity contribution in [3.8, 4) is 11.3 Å². The van der Waals surface area contributed by atoms with E-state index in [4.69, 9.17) is 4.52 Å². The van der Waals surface area contributed by atoms with Gasteiger partial charge in [0.25, 0.3) is 0 Å². The number of halogens is 3. The zero-order chi connectivity index (χ0) is 13.2. The number of alkyl halides is 3. The summed E-state index contributed by atoms with van der Waals surface area (Å²) < 4.78 is 43.1. The molecule has 0 radical (unpaired) electrons. The Labute approximate surface area is 98.7 Å². The van der Waals surface area contributed by atoms with Crippen LogP contribution in [0.4, 0.5) is 18.9 Å². The molecular weight excluding hydrogens is 249 g/mol. The molecule has 0 aliphatic heterocycles. The molecule has 2 rings (SSSR count). The zero-order valence-corrected chi connectivity index (χ0v) is 8.73. The van der Waals surface area contributed by atoms with Gasteiger partial charge in [0.1, 0.15) is 5.69 Å². The average molecular weight is 254 g/mol. The summed E-state index contributed by atoms with van der Waals surface area (Å²) in [7, 11) is 0. The number of isocyanates is 1. The van der Waals surface area contributed by atoms with Gasteiger partial charge in [-0.25, -0.2) is 4.79 Å². The average Bonchev–Trinajstić information content (AvgIpc) is 2.77. The summed E-state index contributed by atoms with van der Waals surface area (Å²) >= 11 is 0. The quantitative estimate of drug-likeness (QED) is 0.610. The van der Waals surface area contributed by atoms with E-state index in [1.54, 1.807) is 0 Å². The van der Waals surface area contributed by atoms with Crippen LogP contribution in [-0.2, 0) is 11.0 Å². The number of nitrogens with zero attached hydrogens (tertiary/aromatic N) is 2. The van der Waals surface area contributed by atoms with Gasteiger partial charge < -0.3 is 4.52 Å². The fraction of sp³-hybridized carbons (Fsp3) is 0.0909. The van der Waals surface area contributed by atoms with Crippen LogP contribution in [0.15, 0.2) is 40.0 Å². The third kappa shape index (κ3) is 2.16. The van der Waals surface area contributed by atoms with Crippen molar-refractivity contribution in [2.24, 2.45) is 4.99 Å². The molecule has 0 atom stereocenters. The smallest absolute Gasteiger partial charge is 0.354 e. The fourth-order valence-electron chi connectivity index (χ4n) is 1.48. The number of hydrogen-bond donors (Lipinski definition) is 0. The highest BCUT2D eigenvalue weighted by molar-refractivity contribution is 5.74. The van der Waals surface area contributed by atoms with Crippen molar-refractivity contribution in [2.75, 3.05) is 0 Å². The maximum atomic E-state index is 12.8. The highest BCUT2D eigenvalue weighted by Gasteiger charge is 2.34. The molecule has 0 N–H and O–H groups in total. The Hall–Kier alpha value is -2.40. The molecule has 92 valence electrons. The number of hydrogen-bond acceptors (Lipinski definition) is 4. The van der Waals surface area contributed by atoms with Crippen LogP contribution in [-0.4, -0.2) is 11.2 Å². The van der Waals surface area contributed by atoms with Gasteiger partial charge in [0.15, 0.2) is 5.76 Å². The first-order chi connectivity index (χ1) is 8.54. The van der Waals surface area contributed by atoms with Crippen LogP contribution in [0.2, 0.25) is 0 Å². The molecule has 0 aliphatic carbocycles. The lowest BCUT2D eigenvalue weighted by atomic mass is 10.0. The Kier molecular flexibility index (Phi) is 2.99. The number of carbonyl (C=O) groups excluding carboxylic acids is 1. The predicted octanol–water partition coefficient (Wildman–Crippen LogP) is 3.33. The molecule has 0 saturated carbocycles. The molecule has 1 heterocycles. The van der Waals surface area contributed by atoms with Crippen LogP contribution >= 0.6 is 0 Å². The summed E-state index contributed by atoms with van der Waals surface area (Å²) in [5.41, 5.74) is -1.21. The molecule has 0 unspecified atom stereocenters.